The number of imidazole rings is 1. The fourth-order valence-corrected chi connectivity index (χ4v) is 4.10. The quantitative estimate of drug-likeness (QED) is 0.556. The Morgan fingerprint density at radius 3 is 2.88 bits per heavy atom. The van der Waals surface area contributed by atoms with Gasteiger partial charge in [-0.2, -0.15) is 5.26 Å². The third-order valence-electron chi connectivity index (χ3n) is 4.51. The van der Waals surface area contributed by atoms with Crippen molar-refractivity contribution >= 4 is 33.8 Å². The molecule has 1 unspecified atom stereocenters. The monoisotopic (exact) mass is 362 g/mol. The molecule has 0 aliphatic rings. The molecule has 3 aromatic heterocycles. The second-order valence-corrected chi connectivity index (χ2v) is 7.16. The van der Waals surface area contributed by atoms with E-state index in [0.717, 1.165) is 22.4 Å². The van der Waals surface area contributed by atoms with Gasteiger partial charge in [-0.1, -0.05) is 18.2 Å². The van der Waals surface area contributed by atoms with E-state index in [2.05, 4.69) is 22.4 Å². The van der Waals surface area contributed by atoms with E-state index in [4.69, 9.17) is 0 Å². The van der Waals surface area contributed by atoms with E-state index in [1.807, 2.05) is 53.1 Å². The lowest BCUT2D eigenvalue weighted by Gasteiger charge is -2.20. The minimum absolute atomic E-state index is 0.00306. The van der Waals surface area contributed by atoms with Gasteiger partial charge in [-0.25, -0.2) is 4.98 Å². The number of nitrogens with zero attached hydrogens (tertiary/aromatic N) is 3. The van der Waals surface area contributed by atoms with Gasteiger partial charge in [-0.3, -0.25) is 4.40 Å². The predicted molar refractivity (Wildman–Crippen MR) is 105 cm³/mol. The highest BCUT2D eigenvalue weighted by atomic mass is 32.1. The topological polar surface area (TPSA) is 73.3 Å². The number of rotatable bonds is 5. The predicted octanol–water partition coefficient (Wildman–Crippen LogP) is 4.26. The van der Waals surface area contributed by atoms with E-state index in [0.29, 0.717) is 17.6 Å². The number of aromatic nitrogens is 2. The van der Waals surface area contributed by atoms with Crippen molar-refractivity contribution in [3.8, 4) is 6.07 Å². The van der Waals surface area contributed by atoms with Gasteiger partial charge in [0, 0.05) is 11.5 Å². The van der Waals surface area contributed by atoms with E-state index in [1.54, 1.807) is 11.3 Å². The van der Waals surface area contributed by atoms with Gasteiger partial charge in [-0.05, 0) is 48.6 Å². The molecule has 0 aliphatic heterocycles. The van der Waals surface area contributed by atoms with Crippen molar-refractivity contribution in [2.75, 3.05) is 11.9 Å². The number of hydrogen-bond donors (Lipinski definition) is 2. The Morgan fingerprint density at radius 2 is 2.15 bits per heavy atom. The molecule has 1 atom stereocenters. The first-order valence-electron chi connectivity index (χ1n) is 8.44. The number of anilines is 1. The molecule has 5 nitrogen and oxygen atoms in total. The number of pyridine rings is 1. The van der Waals surface area contributed by atoms with Gasteiger partial charge in [0.05, 0.1) is 22.6 Å². The Balaban J connectivity index is 1.93. The summed E-state index contributed by atoms with van der Waals surface area (Å²) in [6.45, 7) is 2.02. The first-order chi connectivity index (χ1) is 12.7. The van der Waals surface area contributed by atoms with Crippen LogP contribution in [-0.2, 0) is 0 Å². The summed E-state index contributed by atoms with van der Waals surface area (Å²) in [6.07, 6.45) is 0.605. The minimum atomic E-state index is -0.00306. The highest BCUT2D eigenvalue weighted by Gasteiger charge is 2.18. The van der Waals surface area contributed by atoms with Crippen molar-refractivity contribution in [2.24, 2.45) is 0 Å². The maximum absolute atomic E-state index is 9.59. The summed E-state index contributed by atoms with van der Waals surface area (Å²) in [4.78, 5) is 5.84. The lowest BCUT2D eigenvalue weighted by Crippen LogP contribution is -2.14. The maximum atomic E-state index is 9.59. The number of nitrogens with one attached hydrogen (secondary N) is 1. The van der Waals surface area contributed by atoms with E-state index in [-0.39, 0.29) is 12.6 Å². The number of hydrogen-bond acceptors (Lipinski definition) is 5. The van der Waals surface area contributed by atoms with Gasteiger partial charge in [0.2, 0.25) is 0 Å². The molecule has 6 heteroatoms. The van der Waals surface area contributed by atoms with Crippen LogP contribution in [0.15, 0.2) is 47.8 Å². The molecule has 1 aromatic carbocycles. The van der Waals surface area contributed by atoms with E-state index >= 15 is 0 Å². The molecule has 2 N–H and O–H groups in total. The van der Waals surface area contributed by atoms with Crippen LogP contribution in [0.25, 0.3) is 16.7 Å². The smallest absolute Gasteiger partial charge is 0.157 e. The van der Waals surface area contributed by atoms with Gasteiger partial charge in [0.15, 0.2) is 5.65 Å². The van der Waals surface area contributed by atoms with Gasteiger partial charge >= 0.3 is 0 Å². The Bertz CT molecular complexity index is 1110. The van der Waals surface area contributed by atoms with Crippen LogP contribution in [-0.4, -0.2) is 21.1 Å². The van der Waals surface area contributed by atoms with Crippen molar-refractivity contribution in [2.45, 2.75) is 19.4 Å². The number of fused-ring (bicyclic) bond motifs is 3. The van der Waals surface area contributed by atoms with Crippen molar-refractivity contribution in [1.29, 1.82) is 5.26 Å². The van der Waals surface area contributed by atoms with Crippen LogP contribution in [0, 0.1) is 18.3 Å². The van der Waals surface area contributed by atoms with Crippen molar-refractivity contribution in [1.82, 2.24) is 9.38 Å². The third-order valence-corrected chi connectivity index (χ3v) is 5.50. The van der Waals surface area contributed by atoms with Crippen LogP contribution in [0.5, 0.6) is 0 Å². The Labute approximate surface area is 155 Å². The third kappa shape index (κ3) is 2.71. The number of benzene rings is 1. The van der Waals surface area contributed by atoms with E-state index < -0.39 is 0 Å². The molecular weight excluding hydrogens is 344 g/mol. The fourth-order valence-electron chi connectivity index (χ4n) is 3.28. The number of aliphatic hydroxyl groups excluding tert-OH is 1. The molecule has 0 fully saturated rings. The summed E-state index contributed by atoms with van der Waals surface area (Å²) >= 11 is 1.66. The summed E-state index contributed by atoms with van der Waals surface area (Å²) in [6, 6.07) is 16.2. The summed E-state index contributed by atoms with van der Waals surface area (Å²) in [5.74, 6) is 0.872. The molecule has 4 aromatic rings. The van der Waals surface area contributed by atoms with Gasteiger partial charge < -0.3 is 10.4 Å². The number of nitriles is 1. The normalized spacial score (nSPS) is 12.3. The summed E-state index contributed by atoms with van der Waals surface area (Å²) in [5.41, 5.74) is 3.93. The zero-order valence-corrected chi connectivity index (χ0v) is 15.1. The van der Waals surface area contributed by atoms with Crippen molar-refractivity contribution in [3.05, 3.63) is 63.8 Å². The maximum Gasteiger partial charge on any atom is 0.157 e. The van der Waals surface area contributed by atoms with Crippen LogP contribution in [0.2, 0.25) is 0 Å². The first kappa shape index (κ1) is 16.6. The summed E-state index contributed by atoms with van der Waals surface area (Å²) < 4.78 is 2.00. The molecule has 0 spiro atoms. The molecule has 0 saturated carbocycles. The lowest BCUT2D eigenvalue weighted by molar-refractivity contribution is 0.280. The molecule has 26 heavy (non-hydrogen) atoms. The molecule has 3 heterocycles. The molecule has 0 bridgehead atoms. The summed E-state index contributed by atoms with van der Waals surface area (Å²) in [5, 5.41) is 24.7. The van der Waals surface area contributed by atoms with Crippen LogP contribution in [0.3, 0.4) is 0 Å². The largest absolute Gasteiger partial charge is 0.396 e. The van der Waals surface area contributed by atoms with E-state index in [9.17, 15) is 10.4 Å². The van der Waals surface area contributed by atoms with Crippen molar-refractivity contribution in [3.63, 3.8) is 0 Å². The number of thiophene rings is 1. The fraction of sp³-hybridized carbons (Fsp3) is 0.200. The average Bonchev–Trinajstić information content (AvgIpc) is 3.29. The second-order valence-electron chi connectivity index (χ2n) is 6.18. The highest BCUT2D eigenvalue weighted by molar-refractivity contribution is 7.10. The van der Waals surface area contributed by atoms with Gasteiger partial charge in [-0.15, -0.1) is 11.3 Å². The highest BCUT2D eigenvalue weighted by Crippen LogP contribution is 2.31. The van der Waals surface area contributed by atoms with E-state index in [1.165, 1.54) is 4.88 Å². The molecule has 4 rings (SSSR count). The average molecular weight is 362 g/mol. The van der Waals surface area contributed by atoms with Crippen LogP contribution >= 0.6 is 11.3 Å². The zero-order valence-electron chi connectivity index (χ0n) is 14.3. The Morgan fingerprint density at radius 1 is 1.31 bits per heavy atom. The Kier molecular flexibility index (Phi) is 4.33. The van der Waals surface area contributed by atoms with Crippen LogP contribution < -0.4 is 5.32 Å². The number of aryl methyl sites for hydroxylation is 1. The van der Waals surface area contributed by atoms with Crippen molar-refractivity contribution < 1.29 is 5.11 Å². The SMILES string of the molecule is Cc1cc(NC(CCO)c2cccs2)n2c(nc3ccccc32)c1C#N. The number of para-hydroxylation sites is 2. The molecule has 0 saturated heterocycles. The molecule has 0 aliphatic carbocycles. The molecule has 0 amide bonds. The standard InChI is InChI=1S/C20H18N4OS/c1-13-11-19(22-16(8-9-25)18-7-4-10-26-18)24-17-6-3-2-5-15(17)23-20(24)14(13)12-21/h2-7,10-11,16,22,25H,8-9H2,1H3. The van der Waals surface area contributed by atoms with Crippen LogP contribution in [0.1, 0.15) is 28.5 Å². The summed E-state index contributed by atoms with van der Waals surface area (Å²) in [7, 11) is 0. The molecule has 0 radical (unpaired) electrons. The first-order valence-corrected chi connectivity index (χ1v) is 9.32. The second kappa shape index (κ2) is 6.79. The molecular formula is C20H18N4OS. The molecule has 130 valence electrons. The van der Waals surface area contributed by atoms with Gasteiger partial charge in [0.1, 0.15) is 11.9 Å². The number of aliphatic hydroxyl groups is 1. The van der Waals surface area contributed by atoms with Crippen LogP contribution in [0.4, 0.5) is 5.82 Å². The zero-order chi connectivity index (χ0) is 18.1. The Hall–Kier alpha value is -2.88. The lowest BCUT2D eigenvalue weighted by atomic mass is 10.1. The minimum Gasteiger partial charge on any atom is -0.396 e. The van der Waals surface area contributed by atoms with Gasteiger partial charge in [0.25, 0.3) is 0 Å².